The van der Waals surface area contributed by atoms with Gasteiger partial charge in [0.05, 0.1) is 15.5 Å². The van der Waals surface area contributed by atoms with Gasteiger partial charge in [0, 0.05) is 25.1 Å². The third kappa shape index (κ3) is 5.32. The van der Waals surface area contributed by atoms with Gasteiger partial charge in [-0.05, 0) is 32.9 Å². The summed E-state index contributed by atoms with van der Waals surface area (Å²) in [4.78, 5) is 23.2. The Balaban J connectivity index is 2.89. The summed E-state index contributed by atoms with van der Waals surface area (Å²) < 4.78 is 0. The van der Waals surface area contributed by atoms with Crippen molar-refractivity contribution in [1.29, 1.82) is 0 Å². The van der Waals surface area contributed by atoms with E-state index < -0.39 is 10.9 Å². The van der Waals surface area contributed by atoms with Gasteiger partial charge < -0.3 is 5.11 Å². The quantitative estimate of drug-likeness (QED) is 0.587. The van der Waals surface area contributed by atoms with Gasteiger partial charge in [0.25, 0.3) is 5.69 Å². The Morgan fingerprint density at radius 1 is 1.48 bits per heavy atom. The molecule has 1 N–H and O–H groups in total. The van der Waals surface area contributed by atoms with E-state index in [1.54, 1.807) is 12.1 Å². The highest BCUT2D eigenvalue weighted by Crippen LogP contribution is 2.28. The molecule has 0 amide bonds. The molecular weight excluding hydrogens is 296 g/mol. The first-order valence-electron chi connectivity index (χ1n) is 6.70. The number of carbonyl (C=O) groups is 1. The summed E-state index contributed by atoms with van der Waals surface area (Å²) in [5.74, 6) is -0.845. The van der Waals surface area contributed by atoms with Crippen LogP contribution in [0.25, 0.3) is 0 Å². The zero-order chi connectivity index (χ0) is 16.0. The number of rotatable bonds is 8. The minimum Gasteiger partial charge on any atom is -0.481 e. The largest absolute Gasteiger partial charge is 0.481 e. The van der Waals surface area contributed by atoms with Gasteiger partial charge in [-0.2, -0.15) is 0 Å². The van der Waals surface area contributed by atoms with Crippen molar-refractivity contribution in [1.82, 2.24) is 4.90 Å². The number of benzene rings is 1. The normalized spacial score (nSPS) is 11.1. The van der Waals surface area contributed by atoms with Crippen LogP contribution in [0.2, 0.25) is 5.02 Å². The zero-order valence-electron chi connectivity index (χ0n) is 12.1. The number of carboxylic acid groups (broad SMARTS) is 1. The van der Waals surface area contributed by atoms with Crippen LogP contribution in [-0.4, -0.2) is 33.5 Å². The number of aliphatic carboxylic acids is 1. The smallest absolute Gasteiger partial charge is 0.303 e. The van der Waals surface area contributed by atoms with E-state index >= 15 is 0 Å². The highest BCUT2D eigenvalue weighted by molar-refractivity contribution is 6.31. The van der Waals surface area contributed by atoms with Gasteiger partial charge >= 0.3 is 5.97 Å². The second kappa shape index (κ2) is 7.95. The molecule has 0 aliphatic rings. The Morgan fingerprint density at radius 2 is 2.14 bits per heavy atom. The first-order chi connectivity index (χ1) is 9.82. The highest BCUT2D eigenvalue weighted by atomic mass is 35.5. The molecule has 0 saturated heterocycles. The van der Waals surface area contributed by atoms with Crippen LogP contribution in [-0.2, 0) is 11.3 Å². The molecule has 0 aliphatic carbocycles. The van der Waals surface area contributed by atoms with Crippen LogP contribution in [0, 0.1) is 10.1 Å². The summed E-state index contributed by atoms with van der Waals surface area (Å²) in [6.45, 7) is 4.80. The van der Waals surface area contributed by atoms with Crippen molar-refractivity contribution in [3.05, 3.63) is 38.9 Å². The van der Waals surface area contributed by atoms with E-state index in [0.29, 0.717) is 30.1 Å². The average Bonchev–Trinajstić information content (AvgIpc) is 2.38. The molecule has 0 unspecified atom stereocenters. The van der Waals surface area contributed by atoms with Crippen LogP contribution in [0.5, 0.6) is 0 Å². The van der Waals surface area contributed by atoms with Crippen molar-refractivity contribution in [2.45, 2.75) is 39.3 Å². The summed E-state index contributed by atoms with van der Waals surface area (Å²) in [6.07, 6.45) is 0.569. The number of hydrogen-bond donors (Lipinski definition) is 1. The SMILES string of the molecule is CC(C)N(CCCC(=O)O)Cc1c(Cl)cccc1[N+](=O)[O-]. The minimum atomic E-state index is -0.845. The van der Waals surface area contributed by atoms with Crippen molar-refractivity contribution < 1.29 is 14.8 Å². The Labute approximate surface area is 128 Å². The lowest BCUT2D eigenvalue weighted by Gasteiger charge is -2.26. The Kier molecular flexibility index (Phi) is 6.58. The van der Waals surface area contributed by atoms with Crippen LogP contribution in [0.4, 0.5) is 5.69 Å². The third-order valence-corrected chi connectivity index (χ3v) is 3.57. The number of nitro benzene ring substituents is 1. The van der Waals surface area contributed by atoms with Crippen LogP contribution < -0.4 is 0 Å². The molecule has 116 valence electrons. The summed E-state index contributed by atoms with van der Waals surface area (Å²) in [6, 6.07) is 4.74. The van der Waals surface area contributed by atoms with Crippen LogP contribution >= 0.6 is 11.6 Å². The second-order valence-corrected chi connectivity index (χ2v) is 5.46. The molecule has 1 aromatic carbocycles. The molecule has 6 nitrogen and oxygen atoms in total. The van der Waals surface area contributed by atoms with Crippen LogP contribution in [0.1, 0.15) is 32.3 Å². The summed E-state index contributed by atoms with van der Waals surface area (Å²) >= 11 is 6.08. The molecule has 21 heavy (non-hydrogen) atoms. The molecule has 0 aromatic heterocycles. The lowest BCUT2D eigenvalue weighted by atomic mass is 10.1. The fourth-order valence-electron chi connectivity index (χ4n) is 2.03. The molecule has 1 rings (SSSR count). The molecule has 0 heterocycles. The maximum absolute atomic E-state index is 11.1. The maximum atomic E-state index is 11.1. The van der Waals surface area contributed by atoms with Gasteiger partial charge in [-0.25, -0.2) is 0 Å². The molecule has 0 aliphatic heterocycles. The van der Waals surface area contributed by atoms with Gasteiger partial charge in [-0.15, -0.1) is 0 Å². The van der Waals surface area contributed by atoms with E-state index in [-0.39, 0.29) is 18.2 Å². The monoisotopic (exact) mass is 314 g/mol. The molecule has 1 aromatic rings. The maximum Gasteiger partial charge on any atom is 0.303 e. The molecule has 0 saturated carbocycles. The summed E-state index contributed by atoms with van der Waals surface area (Å²) in [5.41, 5.74) is 0.458. The lowest BCUT2D eigenvalue weighted by Crippen LogP contribution is -2.32. The van der Waals surface area contributed by atoms with Crippen molar-refractivity contribution in [2.75, 3.05) is 6.54 Å². The zero-order valence-corrected chi connectivity index (χ0v) is 12.8. The topological polar surface area (TPSA) is 83.7 Å². The van der Waals surface area contributed by atoms with Crippen molar-refractivity contribution in [2.24, 2.45) is 0 Å². The Bertz CT molecular complexity index is 520. The predicted molar refractivity (Wildman–Crippen MR) is 80.5 cm³/mol. The third-order valence-electron chi connectivity index (χ3n) is 3.22. The van der Waals surface area contributed by atoms with E-state index in [4.69, 9.17) is 16.7 Å². The van der Waals surface area contributed by atoms with Gasteiger partial charge in [0.15, 0.2) is 0 Å². The Morgan fingerprint density at radius 3 is 2.67 bits per heavy atom. The van der Waals surface area contributed by atoms with Gasteiger partial charge in [-0.3, -0.25) is 19.8 Å². The first-order valence-corrected chi connectivity index (χ1v) is 7.08. The van der Waals surface area contributed by atoms with Gasteiger partial charge in [-0.1, -0.05) is 17.7 Å². The summed E-state index contributed by atoms with van der Waals surface area (Å²) in [7, 11) is 0. The fourth-order valence-corrected chi connectivity index (χ4v) is 2.26. The molecule has 0 fully saturated rings. The van der Waals surface area contributed by atoms with E-state index in [0.717, 1.165) is 0 Å². The molecule has 0 radical (unpaired) electrons. The van der Waals surface area contributed by atoms with E-state index in [9.17, 15) is 14.9 Å². The van der Waals surface area contributed by atoms with Crippen LogP contribution in [0.3, 0.4) is 0 Å². The standard InChI is InChI=1S/C14H19ClN2O4/c1-10(2)16(8-4-7-14(18)19)9-11-12(15)5-3-6-13(11)17(20)21/h3,5-6,10H,4,7-9H2,1-2H3,(H,18,19). The number of hydrogen-bond acceptors (Lipinski definition) is 4. The van der Waals surface area contributed by atoms with Crippen molar-refractivity contribution in [3.63, 3.8) is 0 Å². The second-order valence-electron chi connectivity index (χ2n) is 5.06. The average molecular weight is 315 g/mol. The van der Waals surface area contributed by atoms with Crippen LogP contribution in [0.15, 0.2) is 18.2 Å². The van der Waals surface area contributed by atoms with Gasteiger partial charge in [0.2, 0.25) is 0 Å². The molecule has 7 heteroatoms. The van der Waals surface area contributed by atoms with Crippen molar-refractivity contribution >= 4 is 23.3 Å². The fraction of sp³-hybridized carbons (Fsp3) is 0.500. The summed E-state index contributed by atoms with van der Waals surface area (Å²) in [5, 5.41) is 20.1. The van der Waals surface area contributed by atoms with E-state index in [1.165, 1.54) is 6.07 Å². The molecule has 0 spiro atoms. The molecular formula is C14H19ClN2O4. The minimum absolute atomic E-state index is 0.00798. The number of nitrogens with zero attached hydrogens (tertiary/aromatic N) is 2. The predicted octanol–water partition coefficient (Wildman–Crippen LogP) is 3.32. The highest BCUT2D eigenvalue weighted by Gasteiger charge is 2.20. The number of carboxylic acids is 1. The van der Waals surface area contributed by atoms with Gasteiger partial charge in [0.1, 0.15) is 0 Å². The van der Waals surface area contributed by atoms with E-state index in [2.05, 4.69) is 0 Å². The number of halogens is 1. The molecule has 0 atom stereocenters. The molecule has 0 bridgehead atoms. The lowest BCUT2D eigenvalue weighted by molar-refractivity contribution is -0.385. The van der Waals surface area contributed by atoms with Crippen molar-refractivity contribution in [3.8, 4) is 0 Å². The number of nitro groups is 1. The first kappa shape index (κ1) is 17.4. The van der Waals surface area contributed by atoms with E-state index in [1.807, 2.05) is 18.7 Å². The Hall–Kier alpha value is -1.66.